The summed E-state index contributed by atoms with van der Waals surface area (Å²) in [5, 5.41) is 11.7. The zero-order valence-electron chi connectivity index (χ0n) is 16.4. The summed E-state index contributed by atoms with van der Waals surface area (Å²) in [4.78, 5) is 9.33. The fourth-order valence-corrected chi connectivity index (χ4v) is 3.23. The Kier molecular flexibility index (Phi) is 5.91. The molecule has 3 rings (SSSR count). The zero-order chi connectivity index (χ0) is 18.5. The average molecular weight is 355 g/mol. The van der Waals surface area contributed by atoms with Crippen molar-refractivity contribution in [1.82, 2.24) is 15.2 Å². The van der Waals surface area contributed by atoms with Gasteiger partial charge in [-0.15, -0.1) is 5.10 Å². The van der Waals surface area contributed by atoms with E-state index in [2.05, 4.69) is 76.2 Å². The summed E-state index contributed by atoms with van der Waals surface area (Å²) >= 11 is 0. The van der Waals surface area contributed by atoms with Gasteiger partial charge in [-0.25, -0.2) is 0 Å². The van der Waals surface area contributed by atoms with E-state index in [4.69, 9.17) is 0 Å². The van der Waals surface area contributed by atoms with Gasteiger partial charge >= 0.3 is 0 Å². The van der Waals surface area contributed by atoms with Crippen molar-refractivity contribution in [2.24, 2.45) is 5.92 Å². The van der Waals surface area contributed by atoms with E-state index >= 15 is 0 Å². The first-order valence-corrected chi connectivity index (χ1v) is 9.54. The fraction of sp³-hybridized carbons (Fsp3) is 0.550. The molecular formula is C20H30N6. The number of aromatic nitrogens is 3. The van der Waals surface area contributed by atoms with Crippen molar-refractivity contribution in [3.63, 3.8) is 0 Å². The molecule has 1 fully saturated rings. The van der Waals surface area contributed by atoms with Gasteiger partial charge in [-0.05, 0) is 43.4 Å². The molecule has 0 radical (unpaired) electrons. The first-order chi connectivity index (χ1) is 12.5. The summed E-state index contributed by atoms with van der Waals surface area (Å²) in [5.74, 6) is 2.21. The maximum Gasteiger partial charge on any atom is 0.247 e. The van der Waals surface area contributed by atoms with Crippen LogP contribution in [0, 0.1) is 19.8 Å². The third-order valence-corrected chi connectivity index (χ3v) is 5.05. The van der Waals surface area contributed by atoms with E-state index in [1.807, 2.05) is 0 Å². The summed E-state index contributed by atoms with van der Waals surface area (Å²) in [6.07, 6.45) is 2.82. The normalized spacial score (nSPS) is 14.8. The van der Waals surface area contributed by atoms with Gasteiger partial charge < -0.3 is 15.1 Å². The molecule has 1 aromatic carbocycles. The van der Waals surface area contributed by atoms with E-state index in [9.17, 15) is 0 Å². The minimum atomic E-state index is 0.676. The van der Waals surface area contributed by atoms with Crippen LogP contribution in [0.3, 0.4) is 0 Å². The lowest BCUT2D eigenvalue weighted by Gasteiger charge is -2.36. The van der Waals surface area contributed by atoms with Crippen LogP contribution in [0.15, 0.2) is 24.4 Å². The fourth-order valence-electron chi connectivity index (χ4n) is 3.23. The molecule has 0 atom stereocenters. The number of rotatable bonds is 6. The summed E-state index contributed by atoms with van der Waals surface area (Å²) in [5.41, 5.74) is 4.06. The Morgan fingerprint density at radius 1 is 1.08 bits per heavy atom. The van der Waals surface area contributed by atoms with Gasteiger partial charge in [0, 0.05) is 38.4 Å². The Morgan fingerprint density at radius 2 is 1.81 bits per heavy atom. The summed E-state index contributed by atoms with van der Waals surface area (Å²) in [6.45, 7) is 13.5. The van der Waals surface area contributed by atoms with Crippen LogP contribution in [0.25, 0.3) is 0 Å². The molecule has 0 spiro atoms. The maximum atomic E-state index is 4.65. The number of piperazine rings is 1. The summed E-state index contributed by atoms with van der Waals surface area (Å²) in [7, 11) is 0. The molecule has 2 aromatic rings. The van der Waals surface area contributed by atoms with Crippen molar-refractivity contribution in [2.75, 3.05) is 47.8 Å². The van der Waals surface area contributed by atoms with Gasteiger partial charge in [0.1, 0.15) is 0 Å². The van der Waals surface area contributed by atoms with Crippen LogP contribution in [-0.2, 0) is 0 Å². The second-order valence-corrected chi connectivity index (χ2v) is 7.44. The van der Waals surface area contributed by atoms with Crippen molar-refractivity contribution in [3.8, 4) is 0 Å². The quantitative estimate of drug-likeness (QED) is 0.859. The first kappa shape index (κ1) is 18.4. The smallest absolute Gasteiger partial charge is 0.247 e. The van der Waals surface area contributed by atoms with Gasteiger partial charge in [0.25, 0.3) is 0 Å². The second kappa shape index (κ2) is 8.34. The lowest BCUT2D eigenvalue weighted by atomic mass is 10.1. The highest BCUT2D eigenvalue weighted by atomic mass is 15.4. The van der Waals surface area contributed by atoms with E-state index in [0.29, 0.717) is 5.92 Å². The highest BCUT2D eigenvalue weighted by molar-refractivity contribution is 5.57. The van der Waals surface area contributed by atoms with Gasteiger partial charge in [0.15, 0.2) is 5.82 Å². The lowest BCUT2D eigenvalue weighted by molar-refractivity contribution is 0.605. The number of hydrogen-bond donors (Lipinski definition) is 1. The van der Waals surface area contributed by atoms with Crippen molar-refractivity contribution in [2.45, 2.75) is 34.1 Å². The van der Waals surface area contributed by atoms with E-state index in [1.54, 1.807) is 6.20 Å². The Hall–Kier alpha value is -2.37. The number of anilines is 3. The number of nitrogens with one attached hydrogen (secondary N) is 1. The molecule has 6 nitrogen and oxygen atoms in total. The highest BCUT2D eigenvalue weighted by Crippen LogP contribution is 2.24. The molecular weight excluding hydrogens is 324 g/mol. The summed E-state index contributed by atoms with van der Waals surface area (Å²) < 4.78 is 0. The van der Waals surface area contributed by atoms with Gasteiger partial charge in [0.2, 0.25) is 5.95 Å². The SMILES string of the molecule is Cc1cccc(N2CCN(c3nncc(NCCC(C)C)n3)CC2)c1C. The van der Waals surface area contributed by atoms with Crippen molar-refractivity contribution < 1.29 is 0 Å². The number of aryl methyl sites for hydroxylation is 1. The minimum absolute atomic E-state index is 0.676. The van der Waals surface area contributed by atoms with Gasteiger partial charge in [-0.1, -0.05) is 26.0 Å². The predicted octanol–water partition coefficient (Wildman–Crippen LogP) is 3.27. The van der Waals surface area contributed by atoms with Crippen LogP contribution >= 0.6 is 0 Å². The number of hydrogen-bond acceptors (Lipinski definition) is 6. The summed E-state index contributed by atoms with van der Waals surface area (Å²) in [6, 6.07) is 6.53. The molecule has 1 aliphatic rings. The van der Waals surface area contributed by atoms with Crippen LogP contribution in [0.5, 0.6) is 0 Å². The molecule has 2 heterocycles. The van der Waals surface area contributed by atoms with Crippen molar-refractivity contribution in [1.29, 1.82) is 0 Å². The predicted molar refractivity (Wildman–Crippen MR) is 108 cm³/mol. The Labute approximate surface area is 156 Å². The average Bonchev–Trinajstić information content (AvgIpc) is 2.64. The largest absolute Gasteiger partial charge is 0.369 e. The van der Waals surface area contributed by atoms with Gasteiger partial charge in [0.05, 0.1) is 6.20 Å². The van der Waals surface area contributed by atoms with Crippen LogP contribution in [0.4, 0.5) is 17.5 Å². The standard InChI is InChI=1S/C20H30N6/c1-15(2)8-9-21-19-14-22-24-20(23-19)26-12-10-25(11-13-26)18-7-5-6-16(3)17(18)4/h5-7,14-15H,8-13H2,1-4H3,(H,21,23,24). The van der Waals surface area contributed by atoms with Crippen molar-refractivity contribution in [3.05, 3.63) is 35.5 Å². The van der Waals surface area contributed by atoms with Gasteiger partial charge in [-0.2, -0.15) is 10.1 Å². The van der Waals surface area contributed by atoms with E-state index in [0.717, 1.165) is 50.9 Å². The molecule has 0 unspecified atom stereocenters. The molecule has 0 aliphatic carbocycles. The van der Waals surface area contributed by atoms with Crippen molar-refractivity contribution >= 4 is 17.5 Å². The molecule has 0 saturated carbocycles. The third-order valence-electron chi connectivity index (χ3n) is 5.05. The topological polar surface area (TPSA) is 57.2 Å². The molecule has 1 aromatic heterocycles. The van der Waals surface area contributed by atoms with E-state index in [-0.39, 0.29) is 0 Å². The van der Waals surface area contributed by atoms with E-state index < -0.39 is 0 Å². The highest BCUT2D eigenvalue weighted by Gasteiger charge is 2.21. The molecule has 140 valence electrons. The zero-order valence-corrected chi connectivity index (χ0v) is 16.4. The first-order valence-electron chi connectivity index (χ1n) is 9.54. The Bertz CT molecular complexity index is 722. The molecule has 6 heteroatoms. The van der Waals surface area contributed by atoms with Crippen LogP contribution in [0.2, 0.25) is 0 Å². The third kappa shape index (κ3) is 4.42. The molecule has 0 amide bonds. The molecule has 1 saturated heterocycles. The van der Waals surface area contributed by atoms with E-state index in [1.165, 1.54) is 16.8 Å². The number of benzene rings is 1. The minimum Gasteiger partial charge on any atom is -0.369 e. The number of nitrogens with zero attached hydrogens (tertiary/aromatic N) is 5. The van der Waals surface area contributed by atoms with Crippen LogP contribution < -0.4 is 15.1 Å². The Morgan fingerprint density at radius 3 is 2.54 bits per heavy atom. The molecule has 1 N–H and O–H groups in total. The molecule has 1 aliphatic heterocycles. The Balaban J connectivity index is 1.60. The lowest BCUT2D eigenvalue weighted by Crippen LogP contribution is -2.47. The van der Waals surface area contributed by atoms with Crippen LogP contribution in [-0.4, -0.2) is 47.9 Å². The molecule has 26 heavy (non-hydrogen) atoms. The van der Waals surface area contributed by atoms with Crippen LogP contribution in [0.1, 0.15) is 31.4 Å². The molecule has 0 bridgehead atoms. The monoisotopic (exact) mass is 354 g/mol. The second-order valence-electron chi connectivity index (χ2n) is 7.44. The maximum absolute atomic E-state index is 4.65. The van der Waals surface area contributed by atoms with Gasteiger partial charge in [-0.3, -0.25) is 0 Å².